The molecule has 2 aromatic carbocycles. The lowest BCUT2D eigenvalue weighted by Crippen LogP contribution is -2.17. The Morgan fingerprint density at radius 2 is 2.13 bits per heavy atom. The number of primary amides is 1. The highest BCUT2D eigenvalue weighted by Crippen LogP contribution is 2.26. The number of thiazole rings is 1. The molecule has 1 unspecified atom stereocenters. The molecule has 3 N–H and O–H groups in total. The second-order valence-corrected chi connectivity index (χ2v) is 8.28. The first-order chi connectivity index (χ1) is 15.0. The Morgan fingerprint density at radius 1 is 1.32 bits per heavy atom. The van der Waals surface area contributed by atoms with Crippen molar-refractivity contribution in [2.24, 2.45) is 15.8 Å². The Hall–Kier alpha value is -3.23. The quantitative estimate of drug-likeness (QED) is 0.580. The summed E-state index contributed by atoms with van der Waals surface area (Å²) in [4.78, 5) is 17.1. The van der Waals surface area contributed by atoms with Crippen molar-refractivity contribution in [3.05, 3.63) is 69.3 Å². The van der Waals surface area contributed by atoms with Gasteiger partial charge in [0, 0.05) is 17.6 Å². The van der Waals surface area contributed by atoms with E-state index < -0.39 is 5.91 Å². The van der Waals surface area contributed by atoms with Gasteiger partial charge in [-0.2, -0.15) is 5.10 Å². The number of aryl methyl sites for hydroxylation is 1. The first kappa shape index (κ1) is 21.0. The van der Waals surface area contributed by atoms with E-state index >= 15 is 0 Å². The van der Waals surface area contributed by atoms with Crippen LogP contribution >= 0.6 is 11.3 Å². The number of nitrogens with zero attached hydrogens (tertiary/aromatic N) is 3. The van der Waals surface area contributed by atoms with Crippen LogP contribution in [0.15, 0.2) is 57.9 Å². The van der Waals surface area contributed by atoms with E-state index in [4.69, 9.17) is 15.5 Å². The summed E-state index contributed by atoms with van der Waals surface area (Å²) in [6, 6.07) is 12.8. The Kier molecular flexibility index (Phi) is 6.29. The minimum Gasteiger partial charge on any atom is -0.507 e. The zero-order chi connectivity index (χ0) is 21.8. The second kappa shape index (κ2) is 9.28. The lowest BCUT2D eigenvalue weighted by molar-refractivity contribution is 0.0997. The Balaban J connectivity index is 1.76. The molecule has 3 aromatic rings. The van der Waals surface area contributed by atoms with Gasteiger partial charge in [0.1, 0.15) is 5.75 Å². The Morgan fingerprint density at radius 3 is 2.84 bits per heavy atom. The molecule has 1 amide bonds. The zero-order valence-electron chi connectivity index (χ0n) is 17.2. The summed E-state index contributed by atoms with van der Waals surface area (Å²) in [5.41, 5.74) is 9.07. The van der Waals surface area contributed by atoms with Crippen molar-refractivity contribution >= 4 is 23.5 Å². The molecule has 1 aliphatic rings. The molecule has 0 spiro atoms. The van der Waals surface area contributed by atoms with E-state index in [9.17, 15) is 9.90 Å². The number of aromatic nitrogens is 1. The largest absolute Gasteiger partial charge is 0.507 e. The average Bonchev–Trinajstić information content (AvgIpc) is 3.42. The van der Waals surface area contributed by atoms with Crippen LogP contribution < -0.4 is 10.5 Å². The van der Waals surface area contributed by atoms with Crippen LogP contribution in [0.3, 0.4) is 0 Å². The summed E-state index contributed by atoms with van der Waals surface area (Å²) in [7, 11) is 0. The van der Waals surface area contributed by atoms with E-state index in [-0.39, 0.29) is 17.4 Å². The predicted molar refractivity (Wildman–Crippen MR) is 122 cm³/mol. The summed E-state index contributed by atoms with van der Waals surface area (Å²) in [5.74, 6) is -0.836. The number of nitrogens with two attached hydrogens (primary N) is 1. The summed E-state index contributed by atoms with van der Waals surface area (Å²) in [5, 5.41) is 16.5. The second-order valence-electron chi connectivity index (χ2n) is 7.44. The molecule has 0 radical (unpaired) electrons. The van der Waals surface area contributed by atoms with E-state index in [0.29, 0.717) is 12.1 Å². The summed E-state index contributed by atoms with van der Waals surface area (Å²) in [6.45, 7) is 3.39. The van der Waals surface area contributed by atoms with Crippen molar-refractivity contribution in [3.8, 4) is 17.0 Å². The van der Waals surface area contributed by atoms with Gasteiger partial charge < -0.3 is 15.6 Å². The van der Waals surface area contributed by atoms with Crippen LogP contribution in [0, 0.1) is 6.92 Å². The lowest BCUT2D eigenvalue weighted by atomic mass is 10.1. The molecule has 0 saturated carbocycles. The van der Waals surface area contributed by atoms with E-state index in [1.807, 2.05) is 36.6 Å². The van der Waals surface area contributed by atoms with Gasteiger partial charge in [-0.15, -0.1) is 11.3 Å². The fourth-order valence-electron chi connectivity index (χ4n) is 3.36. The van der Waals surface area contributed by atoms with Gasteiger partial charge in [0.25, 0.3) is 5.91 Å². The maximum absolute atomic E-state index is 11.7. The molecule has 7 nitrogen and oxygen atoms in total. The number of hydrogen-bond acceptors (Lipinski definition) is 6. The van der Waals surface area contributed by atoms with Gasteiger partial charge in [0.05, 0.1) is 30.1 Å². The highest BCUT2D eigenvalue weighted by atomic mass is 32.1. The summed E-state index contributed by atoms with van der Waals surface area (Å²) >= 11 is 1.46. The molecule has 1 saturated heterocycles. The van der Waals surface area contributed by atoms with Crippen molar-refractivity contribution < 1.29 is 14.6 Å². The van der Waals surface area contributed by atoms with E-state index in [0.717, 1.165) is 35.5 Å². The van der Waals surface area contributed by atoms with Crippen LogP contribution in [0.25, 0.3) is 11.3 Å². The van der Waals surface area contributed by atoms with Crippen LogP contribution in [0.4, 0.5) is 0 Å². The maximum Gasteiger partial charge on any atom is 0.252 e. The molecular weight excluding hydrogens is 412 g/mol. The molecule has 1 fully saturated rings. The topological polar surface area (TPSA) is 102 Å². The van der Waals surface area contributed by atoms with Crippen molar-refractivity contribution in [1.82, 2.24) is 4.68 Å². The number of phenols is 1. The van der Waals surface area contributed by atoms with Crippen molar-refractivity contribution in [2.75, 3.05) is 13.2 Å². The van der Waals surface area contributed by atoms with Gasteiger partial charge in [-0.3, -0.25) is 9.79 Å². The molecule has 160 valence electrons. The average molecular weight is 437 g/mol. The zero-order valence-corrected chi connectivity index (χ0v) is 18.0. The van der Waals surface area contributed by atoms with Crippen LogP contribution in [-0.2, 0) is 4.74 Å². The normalized spacial score (nSPS) is 16.9. The minimum atomic E-state index is -0.687. The van der Waals surface area contributed by atoms with Crippen LogP contribution in [-0.4, -0.2) is 41.2 Å². The number of aromatic hydroxyl groups is 1. The number of carbonyl (C=O) groups is 1. The maximum atomic E-state index is 11.7. The van der Waals surface area contributed by atoms with Gasteiger partial charge in [0.2, 0.25) is 4.80 Å². The number of ether oxygens (including phenoxy) is 1. The Labute approximate surface area is 184 Å². The van der Waals surface area contributed by atoms with Gasteiger partial charge in [0.15, 0.2) is 0 Å². The molecule has 0 bridgehead atoms. The number of hydrogen-bond donors (Lipinski definition) is 2. The predicted octanol–water partition coefficient (Wildman–Crippen LogP) is 3.29. The van der Waals surface area contributed by atoms with Crippen molar-refractivity contribution in [2.45, 2.75) is 25.9 Å². The van der Waals surface area contributed by atoms with Gasteiger partial charge in [-0.1, -0.05) is 29.8 Å². The molecule has 8 heteroatoms. The summed E-state index contributed by atoms with van der Waals surface area (Å²) < 4.78 is 7.43. The third-order valence-corrected chi connectivity index (χ3v) is 5.95. The standard InChI is InChI=1S/C23H24N4O3S/c1-15-4-6-16(7-5-15)12-26-27-20(17-8-9-21(28)19(11-17)22(24)29)14-31-23(27)25-13-18-3-2-10-30-18/h4-9,11-12,14,18,28H,2-3,10,13H2,1H3,(H2,24,29)/b25-23?,26-12+. The SMILES string of the molecule is Cc1ccc(/C=N/n2c(-c3ccc(O)c(C(N)=O)c3)csc2=NCC2CCCO2)cc1. The monoisotopic (exact) mass is 436 g/mol. The minimum absolute atomic E-state index is 0.0654. The number of carbonyl (C=O) groups excluding carboxylic acids is 1. The van der Waals surface area contributed by atoms with E-state index in [1.54, 1.807) is 23.0 Å². The third-order valence-electron chi connectivity index (χ3n) is 5.10. The summed E-state index contributed by atoms with van der Waals surface area (Å²) in [6.07, 6.45) is 3.98. The van der Waals surface area contributed by atoms with Crippen LogP contribution in [0.2, 0.25) is 0 Å². The van der Waals surface area contributed by atoms with Crippen LogP contribution in [0.5, 0.6) is 5.75 Å². The van der Waals surface area contributed by atoms with Gasteiger partial charge >= 0.3 is 0 Å². The molecule has 2 heterocycles. The number of benzene rings is 2. The van der Waals surface area contributed by atoms with Gasteiger partial charge in [-0.05, 0) is 43.5 Å². The number of rotatable bonds is 6. The Bertz CT molecular complexity index is 1170. The highest BCUT2D eigenvalue weighted by Gasteiger charge is 2.16. The molecule has 1 aliphatic heterocycles. The molecule has 1 aromatic heterocycles. The molecule has 4 rings (SSSR count). The third kappa shape index (κ3) is 4.92. The van der Waals surface area contributed by atoms with Crippen LogP contribution in [0.1, 0.15) is 34.3 Å². The first-order valence-corrected chi connectivity index (χ1v) is 11.0. The molecule has 31 heavy (non-hydrogen) atoms. The van der Waals surface area contributed by atoms with Crippen molar-refractivity contribution in [3.63, 3.8) is 0 Å². The fraction of sp³-hybridized carbons (Fsp3) is 0.261. The van der Waals surface area contributed by atoms with Gasteiger partial charge in [-0.25, -0.2) is 4.68 Å². The molecule has 0 aliphatic carbocycles. The molecule has 1 atom stereocenters. The first-order valence-electron chi connectivity index (χ1n) is 10.1. The number of amides is 1. The molecular formula is C23H24N4O3S. The fourth-order valence-corrected chi connectivity index (χ4v) is 4.20. The lowest BCUT2D eigenvalue weighted by Gasteiger charge is -2.07. The van der Waals surface area contributed by atoms with Crippen molar-refractivity contribution in [1.29, 1.82) is 0 Å². The van der Waals surface area contributed by atoms with E-state index in [1.165, 1.54) is 23.0 Å². The smallest absolute Gasteiger partial charge is 0.252 e. The highest BCUT2D eigenvalue weighted by molar-refractivity contribution is 7.07. The van der Waals surface area contributed by atoms with E-state index in [2.05, 4.69) is 5.10 Å².